The zero-order valence-corrected chi connectivity index (χ0v) is 29.2. The highest BCUT2D eigenvalue weighted by atomic mass is 31.2. The molecule has 4 fully saturated rings. The van der Waals surface area contributed by atoms with Crippen molar-refractivity contribution in [2.75, 3.05) is 6.35 Å². The van der Waals surface area contributed by atoms with Crippen LogP contribution in [-0.2, 0) is 38.2 Å². The number of rotatable bonds is 11. The maximum atomic E-state index is 13.8. The minimum absolute atomic E-state index is 0.154. The molecule has 7 rings (SSSR count). The van der Waals surface area contributed by atoms with Crippen molar-refractivity contribution in [1.82, 2.24) is 5.16 Å². The van der Waals surface area contributed by atoms with Crippen LogP contribution >= 0.6 is 7.60 Å². The number of benzene rings is 2. The van der Waals surface area contributed by atoms with Gasteiger partial charge in [0.15, 0.2) is 5.76 Å². The highest BCUT2D eigenvalue weighted by molar-refractivity contribution is 7.53. The van der Waals surface area contributed by atoms with Crippen molar-refractivity contribution in [3.05, 3.63) is 89.3 Å². The fraction of sp³-hybridized carbons (Fsp3) is 0.615. The van der Waals surface area contributed by atoms with Crippen LogP contribution in [0.15, 0.2) is 71.3 Å². The van der Waals surface area contributed by atoms with Crippen LogP contribution in [0.4, 0.5) is 0 Å². The van der Waals surface area contributed by atoms with Crippen LogP contribution in [0, 0.1) is 34.5 Å². The molecule has 0 saturated heterocycles. The number of aromatic nitrogens is 1. The van der Waals surface area contributed by atoms with Crippen LogP contribution in [0.1, 0.15) is 107 Å². The van der Waals surface area contributed by atoms with Gasteiger partial charge in [-0.15, -0.1) is 0 Å². The van der Waals surface area contributed by atoms with Crippen molar-refractivity contribution in [1.29, 1.82) is 0 Å². The van der Waals surface area contributed by atoms with Crippen molar-refractivity contribution in [3.8, 4) is 0 Å². The summed E-state index contributed by atoms with van der Waals surface area (Å²) in [5, 5.41) is 15.4. The predicted octanol–water partition coefficient (Wildman–Crippen LogP) is 9.65. The van der Waals surface area contributed by atoms with Crippen LogP contribution in [-0.4, -0.2) is 22.2 Å². The summed E-state index contributed by atoms with van der Waals surface area (Å²) in [7, 11) is -3.57. The topological polar surface area (TPSA) is 91.0 Å². The summed E-state index contributed by atoms with van der Waals surface area (Å²) >= 11 is 0. The molecule has 0 aliphatic heterocycles. The van der Waals surface area contributed by atoms with Gasteiger partial charge in [-0.1, -0.05) is 79.7 Å². The lowest BCUT2D eigenvalue weighted by Gasteiger charge is -2.61. The monoisotopic (exact) mass is 661 g/mol. The van der Waals surface area contributed by atoms with Crippen molar-refractivity contribution >= 4 is 7.60 Å². The van der Waals surface area contributed by atoms with E-state index >= 15 is 0 Å². The van der Waals surface area contributed by atoms with Crippen molar-refractivity contribution < 1.29 is 28.0 Å². The minimum Gasteiger partial charge on any atom is -0.390 e. The van der Waals surface area contributed by atoms with Crippen LogP contribution in [0.3, 0.4) is 0 Å². The van der Waals surface area contributed by atoms with E-state index in [-0.39, 0.29) is 31.6 Å². The number of hydrogen-bond acceptors (Lipinski definition) is 7. The predicted molar refractivity (Wildman–Crippen MR) is 181 cm³/mol. The molecular formula is C39H52NO6P. The summed E-state index contributed by atoms with van der Waals surface area (Å²) in [6.45, 7) is 7.62. The molecule has 0 amide bonds. The second-order valence-corrected chi connectivity index (χ2v) is 17.9. The van der Waals surface area contributed by atoms with Gasteiger partial charge < -0.3 is 23.4 Å². The molecule has 3 aromatic rings. The highest BCUT2D eigenvalue weighted by Crippen LogP contribution is 2.69. The van der Waals surface area contributed by atoms with E-state index in [1.807, 2.05) is 67.6 Å². The lowest BCUT2D eigenvalue weighted by molar-refractivity contribution is -0.143. The van der Waals surface area contributed by atoms with Gasteiger partial charge in [0, 0.05) is 12.0 Å². The first kappa shape index (κ1) is 33.2. The van der Waals surface area contributed by atoms with E-state index in [0.29, 0.717) is 28.9 Å². The summed E-state index contributed by atoms with van der Waals surface area (Å²) in [4.78, 5) is 0. The van der Waals surface area contributed by atoms with Crippen molar-refractivity contribution in [3.63, 3.8) is 0 Å². The van der Waals surface area contributed by atoms with E-state index in [0.717, 1.165) is 54.3 Å². The second kappa shape index (κ2) is 13.2. The van der Waals surface area contributed by atoms with Crippen LogP contribution in [0.2, 0.25) is 0 Å². The van der Waals surface area contributed by atoms with Gasteiger partial charge in [0.05, 0.1) is 24.5 Å². The molecule has 0 radical (unpaired) electrons. The number of fused-ring (bicyclic) bond motifs is 5. The Morgan fingerprint density at radius 3 is 2.15 bits per heavy atom. The third kappa shape index (κ3) is 6.81. The Labute approximate surface area is 280 Å². The van der Waals surface area contributed by atoms with E-state index in [1.165, 1.54) is 32.1 Å². The molecule has 8 heteroatoms. The molecule has 1 aromatic heterocycles. The molecule has 47 heavy (non-hydrogen) atoms. The van der Waals surface area contributed by atoms with Gasteiger partial charge in [0.1, 0.15) is 13.0 Å². The lowest BCUT2D eigenvalue weighted by Crippen LogP contribution is -2.55. The summed E-state index contributed by atoms with van der Waals surface area (Å²) in [5.41, 5.74) is 2.95. The molecule has 0 spiro atoms. The first-order chi connectivity index (χ1) is 22.6. The Bertz CT molecular complexity index is 1500. The Balaban J connectivity index is 0.981. The zero-order chi connectivity index (χ0) is 32.7. The van der Waals surface area contributed by atoms with Crippen LogP contribution in [0.25, 0.3) is 0 Å². The molecule has 8 atom stereocenters. The summed E-state index contributed by atoms with van der Waals surface area (Å²) in [5.74, 6) is 3.89. The zero-order valence-electron chi connectivity index (χ0n) is 28.3. The molecule has 7 nitrogen and oxygen atoms in total. The van der Waals surface area contributed by atoms with Crippen molar-refractivity contribution in [2.24, 2.45) is 34.5 Å². The van der Waals surface area contributed by atoms with Gasteiger partial charge in [-0.2, -0.15) is 0 Å². The van der Waals surface area contributed by atoms with E-state index in [2.05, 4.69) is 25.1 Å². The second-order valence-electron chi connectivity index (χ2n) is 15.9. The molecule has 1 heterocycles. The van der Waals surface area contributed by atoms with Crippen LogP contribution < -0.4 is 0 Å². The molecule has 4 saturated carbocycles. The fourth-order valence-corrected chi connectivity index (χ4v) is 11.6. The molecule has 4 aliphatic rings. The quantitative estimate of drug-likeness (QED) is 0.205. The number of ether oxygens (including phenoxy) is 1. The van der Waals surface area contributed by atoms with Gasteiger partial charge in [0.25, 0.3) is 0 Å². The SMILES string of the molecule is C[C@@]1(O)CC[C@@]2(C)C(CCC3C2CC[C@]2(C)C(c4cc(COCP(=O)(OCc5ccccc5)OCc5ccccc5)on4)CCC32)C1. The van der Waals surface area contributed by atoms with Crippen LogP contribution in [0.5, 0.6) is 0 Å². The third-order valence-electron chi connectivity index (χ3n) is 12.9. The van der Waals surface area contributed by atoms with E-state index in [1.54, 1.807) is 0 Å². The number of aliphatic hydroxyl groups is 1. The third-order valence-corrected chi connectivity index (χ3v) is 14.5. The van der Waals surface area contributed by atoms with E-state index in [9.17, 15) is 9.67 Å². The average molecular weight is 662 g/mol. The number of hydrogen-bond donors (Lipinski definition) is 1. The average Bonchev–Trinajstić information content (AvgIpc) is 3.68. The van der Waals surface area contributed by atoms with E-state index in [4.69, 9.17) is 18.3 Å². The summed E-state index contributed by atoms with van der Waals surface area (Å²) in [6, 6.07) is 21.4. The van der Waals surface area contributed by atoms with Gasteiger partial charge in [0.2, 0.25) is 0 Å². The Kier molecular flexibility index (Phi) is 9.34. The maximum absolute atomic E-state index is 13.8. The Hall–Kier alpha value is -2.28. The normalized spacial score (nSPS) is 35.2. The molecular weight excluding hydrogens is 609 g/mol. The number of nitrogens with zero attached hydrogens (tertiary/aromatic N) is 1. The molecule has 5 unspecified atom stereocenters. The van der Waals surface area contributed by atoms with E-state index < -0.39 is 13.2 Å². The minimum atomic E-state index is -3.57. The fourth-order valence-electron chi connectivity index (χ4n) is 10.3. The summed E-state index contributed by atoms with van der Waals surface area (Å²) in [6.07, 6.45) is 10.3. The molecule has 254 valence electrons. The maximum Gasteiger partial charge on any atom is 0.356 e. The molecule has 4 aliphatic carbocycles. The Morgan fingerprint density at radius 1 is 0.809 bits per heavy atom. The largest absolute Gasteiger partial charge is 0.390 e. The van der Waals surface area contributed by atoms with Crippen molar-refractivity contribution in [2.45, 2.75) is 110 Å². The van der Waals surface area contributed by atoms with Gasteiger partial charge >= 0.3 is 7.60 Å². The first-order valence-corrected chi connectivity index (χ1v) is 19.5. The molecule has 0 bridgehead atoms. The highest BCUT2D eigenvalue weighted by Gasteiger charge is 2.61. The molecule has 2 aromatic carbocycles. The first-order valence-electron chi connectivity index (χ1n) is 17.8. The molecule has 1 N–H and O–H groups in total. The standard InChI is InChI=1S/C39H52NO6P/c1-37(41)20-21-38(2)30(23-37)14-15-32-33-16-17-35(39(33,3)19-18-34(32)38)36-22-31(46-40-36)26-43-27-47(42,44-24-28-10-6-4-7-11-28)45-25-29-12-8-5-9-13-29/h4-13,22,30,32-35,41H,14-21,23-27H2,1-3H3/t30?,32?,33?,34?,35?,37-,38+,39+/m1/s1. The summed E-state index contributed by atoms with van der Waals surface area (Å²) < 4.78 is 37.3. The lowest BCUT2D eigenvalue weighted by atomic mass is 9.44. The van der Waals surface area contributed by atoms with Gasteiger partial charge in [-0.05, 0) is 110 Å². The van der Waals surface area contributed by atoms with Gasteiger partial charge in [-0.3, -0.25) is 4.57 Å². The smallest absolute Gasteiger partial charge is 0.356 e. The van der Waals surface area contributed by atoms with Gasteiger partial charge in [-0.25, -0.2) is 0 Å². The Morgan fingerprint density at radius 2 is 1.47 bits per heavy atom.